The van der Waals surface area contributed by atoms with E-state index in [0.717, 1.165) is 11.5 Å². The number of furan rings is 2. The summed E-state index contributed by atoms with van der Waals surface area (Å²) in [5, 5.41) is 0. The van der Waals surface area contributed by atoms with Gasteiger partial charge in [0.1, 0.15) is 17.3 Å². The molecule has 2 aromatic rings. The van der Waals surface area contributed by atoms with Crippen LogP contribution in [0.25, 0.3) is 0 Å². The van der Waals surface area contributed by atoms with E-state index < -0.39 is 0 Å². The van der Waals surface area contributed by atoms with Gasteiger partial charge < -0.3 is 8.83 Å². The molecule has 2 heterocycles. The minimum Gasteiger partial charge on any atom is -0.469 e. The van der Waals surface area contributed by atoms with Gasteiger partial charge in [0.2, 0.25) is 0 Å². The Morgan fingerprint density at radius 1 is 1.12 bits per heavy atom. The quantitative estimate of drug-likeness (QED) is 0.775. The zero-order valence-corrected chi connectivity index (χ0v) is 9.18. The molecule has 0 fully saturated rings. The third-order valence-corrected chi connectivity index (χ3v) is 2.63. The number of carbonyl (C=O) groups excluding carboxylic acids is 1. The predicted molar refractivity (Wildman–Crippen MR) is 59.0 cm³/mol. The zero-order chi connectivity index (χ0) is 11.4. The first-order valence-corrected chi connectivity index (χ1v) is 5.31. The molecule has 16 heavy (non-hydrogen) atoms. The van der Waals surface area contributed by atoms with Crippen molar-refractivity contribution in [3.8, 4) is 0 Å². The number of rotatable bonds is 5. The van der Waals surface area contributed by atoms with Gasteiger partial charge >= 0.3 is 0 Å². The van der Waals surface area contributed by atoms with Gasteiger partial charge in [-0.1, -0.05) is 0 Å². The van der Waals surface area contributed by atoms with Gasteiger partial charge in [0.25, 0.3) is 0 Å². The minimum atomic E-state index is -0.0719. The van der Waals surface area contributed by atoms with Crippen LogP contribution in [0.15, 0.2) is 45.6 Å². The van der Waals surface area contributed by atoms with Crippen molar-refractivity contribution in [3.63, 3.8) is 0 Å². The van der Waals surface area contributed by atoms with Crippen LogP contribution in [-0.4, -0.2) is 5.78 Å². The van der Waals surface area contributed by atoms with E-state index in [1.807, 2.05) is 24.3 Å². The van der Waals surface area contributed by atoms with E-state index in [4.69, 9.17) is 8.83 Å². The van der Waals surface area contributed by atoms with Crippen molar-refractivity contribution in [2.75, 3.05) is 0 Å². The summed E-state index contributed by atoms with van der Waals surface area (Å²) in [7, 11) is 0. The summed E-state index contributed by atoms with van der Waals surface area (Å²) < 4.78 is 10.5. The maximum absolute atomic E-state index is 11.5. The van der Waals surface area contributed by atoms with Gasteiger partial charge in [0.15, 0.2) is 0 Å². The van der Waals surface area contributed by atoms with Crippen LogP contribution in [-0.2, 0) is 17.6 Å². The lowest BCUT2D eigenvalue weighted by Gasteiger charge is -2.10. The second-order valence-electron chi connectivity index (χ2n) is 3.87. The highest BCUT2D eigenvalue weighted by Gasteiger charge is 2.18. The Kier molecular flexibility index (Phi) is 3.25. The van der Waals surface area contributed by atoms with Crippen molar-refractivity contribution >= 4 is 5.78 Å². The molecular weight excluding hydrogens is 204 g/mol. The molecule has 0 atom stereocenters. The minimum absolute atomic E-state index is 0.0719. The molecule has 0 saturated heterocycles. The molecule has 0 radical (unpaired) electrons. The van der Waals surface area contributed by atoms with Crippen LogP contribution in [0, 0.1) is 5.92 Å². The van der Waals surface area contributed by atoms with E-state index in [1.165, 1.54) is 0 Å². The summed E-state index contributed by atoms with van der Waals surface area (Å²) in [5.74, 6) is 1.77. The average Bonchev–Trinajstić information content (AvgIpc) is 2.88. The first-order chi connectivity index (χ1) is 7.75. The first-order valence-electron chi connectivity index (χ1n) is 5.31. The number of Topliss-reactive ketones (excluding diaryl/α,β-unsaturated/α-hetero) is 1. The van der Waals surface area contributed by atoms with Crippen LogP contribution in [0.3, 0.4) is 0 Å². The smallest absolute Gasteiger partial charge is 0.133 e. The highest BCUT2D eigenvalue weighted by molar-refractivity contribution is 5.78. The zero-order valence-electron chi connectivity index (χ0n) is 9.18. The van der Waals surface area contributed by atoms with Crippen molar-refractivity contribution in [2.45, 2.75) is 19.8 Å². The standard InChI is InChI=1S/C13H14O3/c1-10(14)11(8-12-4-2-6-15-12)9-13-5-3-7-16-13/h2-7,11H,8-9H2,1H3. The average molecular weight is 218 g/mol. The lowest BCUT2D eigenvalue weighted by molar-refractivity contribution is -0.120. The lowest BCUT2D eigenvalue weighted by Crippen LogP contribution is -2.16. The van der Waals surface area contributed by atoms with Gasteiger partial charge in [-0.05, 0) is 31.2 Å². The van der Waals surface area contributed by atoms with Crippen molar-refractivity contribution in [1.29, 1.82) is 0 Å². The summed E-state index contributed by atoms with van der Waals surface area (Å²) in [6.45, 7) is 1.61. The van der Waals surface area contributed by atoms with E-state index in [0.29, 0.717) is 12.8 Å². The van der Waals surface area contributed by atoms with Crippen molar-refractivity contribution in [1.82, 2.24) is 0 Å². The second kappa shape index (κ2) is 4.84. The Hall–Kier alpha value is -1.77. The molecule has 0 bridgehead atoms. The lowest BCUT2D eigenvalue weighted by atomic mass is 9.95. The fourth-order valence-corrected chi connectivity index (χ4v) is 1.70. The fraction of sp³-hybridized carbons (Fsp3) is 0.308. The molecule has 0 aliphatic rings. The van der Waals surface area contributed by atoms with Crippen LogP contribution < -0.4 is 0 Å². The maximum atomic E-state index is 11.5. The predicted octanol–water partition coefficient (Wildman–Crippen LogP) is 2.86. The molecule has 0 N–H and O–H groups in total. The normalized spacial score (nSPS) is 10.9. The molecule has 0 unspecified atom stereocenters. The molecule has 84 valence electrons. The summed E-state index contributed by atoms with van der Waals surface area (Å²) >= 11 is 0. The molecule has 0 aliphatic carbocycles. The molecule has 0 aromatic carbocycles. The highest BCUT2D eigenvalue weighted by atomic mass is 16.3. The van der Waals surface area contributed by atoms with Gasteiger partial charge in [0, 0.05) is 18.8 Å². The van der Waals surface area contributed by atoms with Gasteiger partial charge in [0.05, 0.1) is 12.5 Å². The van der Waals surface area contributed by atoms with E-state index in [2.05, 4.69) is 0 Å². The molecule has 0 aliphatic heterocycles. The molecule has 2 rings (SSSR count). The largest absolute Gasteiger partial charge is 0.469 e. The summed E-state index contributed by atoms with van der Waals surface area (Å²) in [5.41, 5.74) is 0. The van der Waals surface area contributed by atoms with Gasteiger partial charge in [-0.25, -0.2) is 0 Å². The number of hydrogen-bond acceptors (Lipinski definition) is 3. The summed E-state index contributed by atoms with van der Waals surface area (Å²) in [4.78, 5) is 11.5. The molecule has 2 aromatic heterocycles. The van der Waals surface area contributed by atoms with Gasteiger partial charge in [-0.2, -0.15) is 0 Å². The van der Waals surface area contributed by atoms with Crippen LogP contribution in [0.2, 0.25) is 0 Å². The molecule has 0 saturated carbocycles. The van der Waals surface area contributed by atoms with E-state index in [1.54, 1.807) is 19.5 Å². The van der Waals surface area contributed by atoms with Gasteiger partial charge in [-0.15, -0.1) is 0 Å². The molecule has 0 amide bonds. The van der Waals surface area contributed by atoms with Crippen molar-refractivity contribution in [3.05, 3.63) is 48.3 Å². The Morgan fingerprint density at radius 3 is 1.94 bits per heavy atom. The van der Waals surface area contributed by atoms with E-state index in [9.17, 15) is 4.79 Å². The Labute approximate surface area is 94.1 Å². The van der Waals surface area contributed by atoms with Crippen LogP contribution in [0.1, 0.15) is 18.4 Å². The Bertz CT molecular complexity index is 389. The van der Waals surface area contributed by atoms with Crippen LogP contribution in [0.4, 0.5) is 0 Å². The third-order valence-electron chi connectivity index (χ3n) is 2.63. The first kappa shape index (κ1) is 10.7. The maximum Gasteiger partial charge on any atom is 0.133 e. The van der Waals surface area contributed by atoms with E-state index >= 15 is 0 Å². The summed E-state index contributed by atoms with van der Waals surface area (Å²) in [6, 6.07) is 7.44. The van der Waals surface area contributed by atoms with Crippen molar-refractivity contribution < 1.29 is 13.6 Å². The number of ketones is 1. The Balaban J connectivity index is 2.03. The molecule has 0 spiro atoms. The summed E-state index contributed by atoms with van der Waals surface area (Å²) in [6.07, 6.45) is 4.50. The van der Waals surface area contributed by atoms with Crippen molar-refractivity contribution in [2.24, 2.45) is 5.92 Å². The molecule has 3 nitrogen and oxygen atoms in total. The monoisotopic (exact) mass is 218 g/mol. The topological polar surface area (TPSA) is 43.4 Å². The third kappa shape index (κ3) is 2.63. The van der Waals surface area contributed by atoms with E-state index in [-0.39, 0.29) is 11.7 Å². The fourth-order valence-electron chi connectivity index (χ4n) is 1.70. The SMILES string of the molecule is CC(=O)C(Cc1ccco1)Cc1ccco1. The molecular formula is C13H14O3. The van der Waals surface area contributed by atoms with Crippen LogP contribution in [0.5, 0.6) is 0 Å². The highest BCUT2D eigenvalue weighted by Crippen LogP contribution is 2.16. The Morgan fingerprint density at radius 2 is 1.62 bits per heavy atom. The van der Waals surface area contributed by atoms with Gasteiger partial charge in [-0.3, -0.25) is 4.79 Å². The second-order valence-corrected chi connectivity index (χ2v) is 3.87. The number of carbonyl (C=O) groups is 1. The molecule has 3 heteroatoms. The number of hydrogen-bond donors (Lipinski definition) is 0. The van der Waals surface area contributed by atoms with Crippen LogP contribution >= 0.6 is 0 Å².